The molecule has 29 heavy (non-hydrogen) atoms. The van der Waals surface area contributed by atoms with E-state index in [0.29, 0.717) is 10.9 Å². The Balaban J connectivity index is 1.41. The SMILES string of the molecule is O=C(CCS(=O)(=O)Cc1ccccc1)Nc1nnc(CSCc2ccccc2)s1. The van der Waals surface area contributed by atoms with Crippen LogP contribution >= 0.6 is 23.1 Å². The van der Waals surface area contributed by atoms with Crippen molar-refractivity contribution in [3.05, 3.63) is 76.8 Å². The van der Waals surface area contributed by atoms with Crippen LogP contribution < -0.4 is 5.32 Å². The van der Waals surface area contributed by atoms with Crippen molar-refractivity contribution in [1.82, 2.24) is 10.2 Å². The molecule has 6 nitrogen and oxygen atoms in total. The van der Waals surface area contributed by atoms with Crippen LogP contribution in [0.2, 0.25) is 0 Å². The van der Waals surface area contributed by atoms with Gasteiger partial charge in [-0.2, -0.15) is 0 Å². The van der Waals surface area contributed by atoms with E-state index in [9.17, 15) is 13.2 Å². The van der Waals surface area contributed by atoms with E-state index in [4.69, 9.17) is 0 Å². The maximum absolute atomic E-state index is 12.2. The van der Waals surface area contributed by atoms with Gasteiger partial charge in [0, 0.05) is 17.9 Å². The minimum absolute atomic E-state index is 0.0668. The van der Waals surface area contributed by atoms with Crippen LogP contribution in [0.4, 0.5) is 5.13 Å². The number of hydrogen-bond donors (Lipinski definition) is 1. The molecule has 152 valence electrons. The molecule has 0 bridgehead atoms. The summed E-state index contributed by atoms with van der Waals surface area (Å²) in [5.41, 5.74) is 1.96. The number of rotatable bonds is 10. The second-order valence-corrected chi connectivity index (χ2v) is 10.6. The summed E-state index contributed by atoms with van der Waals surface area (Å²) in [7, 11) is -3.35. The Kier molecular flexibility index (Phi) is 7.79. The van der Waals surface area contributed by atoms with Gasteiger partial charge in [0.15, 0.2) is 9.84 Å². The zero-order valence-electron chi connectivity index (χ0n) is 15.7. The average Bonchev–Trinajstić information content (AvgIpc) is 3.15. The first-order chi connectivity index (χ1) is 14.0. The van der Waals surface area contributed by atoms with Gasteiger partial charge in [0.1, 0.15) is 5.01 Å². The second kappa shape index (κ2) is 10.5. The maximum atomic E-state index is 12.2. The molecule has 0 aliphatic carbocycles. The summed E-state index contributed by atoms with van der Waals surface area (Å²) in [6.45, 7) is 0. The Morgan fingerprint density at radius 3 is 2.28 bits per heavy atom. The van der Waals surface area contributed by atoms with E-state index in [1.54, 1.807) is 36.0 Å². The topological polar surface area (TPSA) is 89.0 Å². The van der Waals surface area contributed by atoms with Crippen LogP contribution in [0.25, 0.3) is 0 Å². The molecule has 2 aromatic carbocycles. The van der Waals surface area contributed by atoms with Gasteiger partial charge in [-0.3, -0.25) is 4.79 Å². The van der Waals surface area contributed by atoms with Gasteiger partial charge in [0.2, 0.25) is 11.0 Å². The standard InChI is InChI=1S/C20H21N3O3S3/c24-18(11-12-29(25,26)15-17-9-5-2-6-10-17)21-20-23-22-19(28-20)14-27-13-16-7-3-1-4-8-16/h1-10H,11-15H2,(H,21,23,24). The van der Waals surface area contributed by atoms with E-state index in [1.165, 1.54) is 16.9 Å². The first kappa shape index (κ1) is 21.5. The van der Waals surface area contributed by atoms with Gasteiger partial charge >= 0.3 is 0 Å². The Morgan fingerprint density at radius 2 is 1.59 bits per heavy atom. The summed E-state index contributed by atoms with van der Waals surface area (Å²) >= 11 is 3.03. The molecule has 3 aromatic rings. The third kappa shape index (κ3) is 7.60. The Morgan fingerprint density at radius 1 is 0.931 bits per heavy atom. The molecule has 1 amide bonds. The molecule has 0 saturated heterocycles. The highest BCUT2D eigenvalue weighted by atomic mass is 32.2. The Hall–Kier alpha value is -2.23. The van der Waals surface area contributed by atoms with Gasteiger partial charge in [-0.05, 0) is 11.1 Å². The highest BCUT2D eigenvalue weighted by Crippen LogP contribution is 2.22. The van der Waals surface area contributed by atoms with E-state index in [-0.39, 0.29) is 23.8 Å². The van der Waals surface area contributed by atoms with Gasteiger partial charge < -0.3 is 5.32 Å². The number of nitrogens with zero attached hydrogens (tertiary/aromatic N) is 2. The van der Waals surface area contributed by atoms with Gasteiger partial charge in [0.05, 0.1) is 11.5 Å². The number of carbonyl (C=O) groups excluding carboxylic acids is 1. The van der Waals surface area contributed by atoms with Crippen molar-refractivity contribution in [3.63, 3.8) is 0 Å². The fourth-order valence-corrected chi connectivity index (χ4v) is 5.66. The lowest BCUT2D eigenvalue weighted by Gasteiger charge is -2.04. The van der Waals surface area contributed by atoms with Gasteiger partial charge in [-0.15, -0.1) is 22.0 Å². The smallest absolute Gasteiger partial charge is 0.227 e. The van der Waals surface area contributed by atoms with Crippen molar-refractivity contribution in [2.24, 2.45) is 0 Å². The number of thioether (sulfide) groups is 1. The zero-order chi connectivity index (χ0) is 20.5. The number of carbonyl (C=O) groups is 1. The molecule has 0 atom stereocenters. The van der Waals surface area contributed by atoms with E-state index < -0.39 is 9.84 Å². The van der Waals surface area contributed by atoms with Crippen LogP contribution in [0.15, 0.2) is 60.7 Å². The highest BCUT2D eigenvalue weighted by Gasteiger charge is 2.16. The third-order valence-corrected chi connectivity index (χ3v) is 7.56. The van der Waals surface area contributed by atoms with Crippen molar-refractivity contribution in [2.45, 2.75) is 23.7 Å². The van der Waals surface area contributed by atoms with Crippen LogP contribution in [0.5, 0.6) is 0 Å². The molecule has 0 saturated carbocycles. The maximum Gasteiger partial charge on any atom is 0.227 e. The van der Waals surface area contributed by atoms with E-state index in [1.807, 2.05) is 24.3 Å². The van der Waals surface area contributed by atoms with E-state index >= 15 is 0 Å². The summed E-state index contributed by atoms with van der Waals surface area (Å²) in [6.07, 6.45) is -0.104. The predicted octanol–water partition coefficient (Wildman–Crippen LogP) is 3.92. The van der Waals surface area contributed by atoms with Crippen molar-refractivity contribution in [3.8, 4) is 0 Å². The predicted molar refractivity (Wildman–Crippen MR) is 119 cm³/mol. The fourth-order valence-electron chi connectivity index (χ4n) is 2.52. The van der Waals surface area contributed by atoms with E-state index in [2.05, 4.69) is 27.6 Å². The van der Waals surface area contributed by atoms with Crippen molar-refractivity contribution in [2.75, 3.05) is 11.1 Å². The summed E-state index contributed by atoms with van der Waals surface area (Å²) in [6, 6.07) is 19.1. The number of nitrogens with one attached hydrogen (secondary N) is 1. The van der Waals surface area contributed by atoms with E-state index in [0.717, 1.165) is 16.3 Å². The lowest BCUT2D eigenvalue weighted by atomic mass is 10.2. The molecular weight excluding hydrogens is 426 g/mol. The van der Waals surface area contributed by atoms with Crippen LogP contribution in [-0.2, 0) is 31.9 Å². The van der Waals surface area contributed by atoms with Crippen LogP contribution in [0.3, 0.4) is 0 Å². The first-order valence-corrected chi connectivity index (χ1v) is 12.8. The summed E-state index contributed by atoms with van der Waals surface area (Å²) < 4.78 is 24.4. The number of benzene rings is 2. The van der Waals surface area contributed by atoms with Crippen LogP contribution in [0, 0.1) is 0 Å². The molecule has 0 fully saturated rings. The quantitative estimate of drug-likeness (QED) is 0.507. The third-order valence-electron chi connectivity index (χ3n) is 3.92. The molecule has 1 aromatic heterocycles. The monoisotopic (exact) mass is 447 g/mol. The minimum atomic E-state index is -3.35. The molecule has 3 rings (SSSR count). The summed E-state index contributed by atoms with van der Waals surface area (Å²) in [5.74, 6) is 0.936. The number of hydrogen-bond acceptors (Lipinski definition) is 7. The normalized spacial score (nSPS) is 11.3. The lowest BCUT2D eigenvalue weighted by Crippen LogP contribution is -2.18. The zero-order valence-corrected chi connectivity index (χ0v) is 18.1. The number of sulfone groups is 1. The van der Waals surface area contributed by atoms with Crippen molar-refractivity contribution < 1.29 is 13.2 Å². The Bertz CT molecular complexity index is 1020. The molecule has 0 unspecified atom stereocenters. The molecular formula is C20H21N3O3S3. The molecule has 0 radical (unpaired) electrons. The van der Waals surface area contributed by atoms with Gasteiger partial charge in [0.25, 0.3) is 0 Å². The van der Waals surface area contributed by atoms with Gasteiger partial charge in [-0.1, -0.05) is 72.0 Å². The van der Waals surface area contributed by atoms with Crippen LogP contribution in [-0.4, -0.2) is 30.3 Å². The molecule has 0 aliphatic heterocycles. The average molecular weight is 448 g/mol. The minimum Gasteiger partial charge on any atom is -0.301 e. The van der Waals surface area contributed by atoms with Crippen molar-refractivity contribution >= 4 is 44.0 Å². The molecule has 1 N–H and O–H groups in total. The fraction of sp³-hybridized carbons (Fsp3) is 0.250. The highest BCUT2D eigenvalue weighted by molar-refractivity contribution is 7.97. The van der Waals surface area contributed by atoms with Gasteiger partial charge in [-0.25, -0.2) is 8.42 Å². The van der Waals surface area contributed by atoms with Crippen LogP contribution in [0.1, 0.15) is 22.6 Å². The molecule has 0 spiro atoms. The summed E-state index contributed by atoms with van der Waals surface area (Å²) in [4.78, 5) is 12.1. The second-order valence-electron chi connectivity index (χ2n) is 6.36. The molecule has 1 heterocycles. The number of aromatic nitrogens is 2. The number of amides is 1. The number of anilines is 1. The van der Waals surface area contributed by atoms with Crippen molar-refractivity contribution in [1.29, 1.82) is 0 Å². The lowest BCUT2D eigenvalue weighted by molar-refractivity contribution is -0.115. The molecule has 0 aliphatic rings. The Labute approximate surface area is 178 Å². The first-order valence-electron chi connectivity index (χ1n) is 8.98. The largest absolute Gasteiger partial charge is 0.301 e. The summed E-state index contributed by atoms with van der Waals surface area (Å²) in [5, 5.41) is 11.9. The molecule has 9 heteroatoms.